The summed E-state index contributed by atoms with van der Waals surface area (Å²) < 4.78 is 4.34. The number of methoxy groups -OCH3 is 1. The minimum absolute atomic E-state index is 0.0883. The van der Waals surface area contributed by atoms with E-state index in [0.29, 0.717) is 5.56 Å². The second kappa shape index (κ2) is 5.74. The van der Waals surface area contributed by atoms with Crippen LogP contribution in [0.4, 0.5) is 10.5 Å². The fourth-order valence-electron chi connectivity index (χ4n) is 1.06. The molecule has 86 valence electrons. The lowest BCUT2D eigenvalue weighted by Gasteiger charge is -2.23. The minimum atomic E-state index is -0.614. The molecule has 0 aliphatic carbocycles. The van der Waals surface area contributed by atoms with Crippen molar-refractivity contribution in [1.82, 2.24) is 5.32 Å². The van der Waals surface area contributed by atoms with E-state index in [0.717, 1.165) is 0 Å². The number of rotatable bonds is 3. The Morgan fingerprint density at radius 1 is 1.56 bits per heavy atom. The van der Waals surface area contributed by atoms with E-state index < -0.39 is 6.09 Å². The Hall–Kier alpha value is -2.05. The first-order valence-corrected chi connectivity index (χ1v) is 4.41. The molecule has 2 N–H and O–H groups in total. The number of anilines is 1. The summed E-state index contributed by atoms with van der Waals surface area (Å²) in [5.74, 6) is 0. The van der Waals surface area contributed by atoms with E-state index in [1.165, 1.54) is 25.5 Å². The Kier molecular flexibility index (Phi) is 4.31. The van der Waals surface area contributed by atoms with Gasteiger partial charge in [0.1, 0.15) is 0 Å². The normalized spacial score (nSPS) is 10.2. The van der Waals surface area contributed by atoms with Crippen LogP contribution in [0.3, 0.4) is 0 Å². The van der Waals surface area contributed by atoms with Gasteiger partial charge >= 0.3 is 6.09 Å². The van der Waals surface area contributed by atoms with Crippen molar-refractivity contribution in [3.05, 3.63) is 41.2 Å². The van der Waals surface area contributed by atoms with Gasteiger partial charge in [0.2, 0.25) is 0 Å². The van der Waals surface area contributed by atoms with E-state index in [-0.39, 0.29) is 10.9 Å². The maximum absolute atomic E-state index is 10.7. The average Bonchev–Trinajstić information content (AvgIpc) is 2.29. The summed E-state index contributed by atoms with van der Waals surface area (Å²) in [5, 5.41) is 21.6. The van der Waals surface area contributed by atoms with E-state index in [9.17, 15) is 10.0 Å². The van der Waals surface area contributed by atoms with Gasteiger partial charge in [0.15, 0.2) is 0 Å². The fraction of sp³-hybridized carbons (Fsp3) is 0.100. The Labute approximate surface area is 92.3 Å². The monoisotopic (exact) mass is 223 g/mol. The Morgan fingerprint density at radius 3 is 2.88 bits per heavy atom. The van der Waals surface area contributed by atoms with Gasteiger partial charge in [0.25, 0.3) is 0 Å². The standard InChI is InChI=1S/C10H11N2O4/c1-16-10(13)11-7-6-8-4-2-3-5-9(8)12(14)15/h2-7,14H,1H3,(H,11,13)/q-1. The molecule has 0 spiro atoms. The van der Waals surface area contributed by atoms with Gasteiger partial charge in [0.05, 0.1) is 12.8 Å². The van der Waals surface area contributed by atoms with Crippen LogP contribution in [0.25, 0.3) is 6.08 Å². The number of nitrogens with one attached hydrogen (secondary N) is 1. The van der Waals surface area contributed by atoms with Crippen molar-refractivity contribution in [3.63, 3.8) is 0 Å². The maximum atomic E-state index is 10.7. The first-order valence-electron chi connectivity index (χ1n) is 4.41. The Balaban J connectivity index is 2.76. The zero-order valence-electron chi connectivity index (χ0n) is 8.58. The first-order chi connectivity index (χ1) is 7.65. The molecule has 0 saturated heterocycles. The van der Waals surface area contributed by atoms with Crippen molar-refractivity contribution in [2.45, 2.75) is 0 Å². The third-order valence-corrected chi connectivity index (χ3v) is 1.79. The van der Waals surface area contributed by atoms with Crippen LogP contribution >= 0.6 is 0 Å². The fourth-order valence-corrected chi connectivity index (χ4v) is 1.06. The predicted octanol–water partition coefficient (Wildman–Crippen LogP) is 1.71. The van der Waals surface area contributed by atoms with E-state index in [4.69, 9.17) is 5.21 Å². The largest absolute Gasteiger partial charge is 0.733 e. The molecule has 0 aromatic heterocycles. The minimum Gasteiger partial charge on any atom is -0.733 e. The number of para-hydroxylation sites is 1. The molecule has 16 heavy (non-hydrogen) atoms. The quantitative estimate of drug-likeness (QED) is 0.762. The molecule has 1 amide bonds. The zero-order valence-corrected chi connectivity index (χ0v) is 8.58. The van der Waals surface area contributed by atoms with Crippen molar-refractivity contribution < 1.29 is 14.7 Å². The summed E-state index contributed by atoms with van der Waals surface area (Å²) in [5.41, 5.74) is 0.557. The van der Waals surface area contributed by atoms with Gasteiger partial charge in [0, 0.05) is 11.8 Å². The third-order valence-electron chi connectivity index (χ3n) is 1.79. The van der Waals surface area contributed by atoms with Crippen molar-refractivity contribution >= 4 is 17.9 Å². The molecule has 0 aliphatic heterocycles. The number of carbonyl (C=O) groups excluding carboxylic acids is 1. The molecule has 1 aromatic rings. The van der Waals surface area contributed by atoms with Gasteiger partial charge in [-0.25, -0.2) is 4.79 Å². The molecule has 0 aliphatic rings. The highest BCUT2D eigenvalue weighted by Crippen LogP contribution is 2.19. The number of amides is 1. The highest BCUT2D eigenvalue weighted by atomic mass is 16.8. The molecule has 1 aromatic carbocycles. The molecular weight excluding hydrogens is 212 g/mol. The van der Waals surface area contributed by atoms with Gasteiger partial charge in [-0.15, -0.1) is 0 Å². The van der Waals surface area contributed by atoms with Crippen LogP contribution in [0.5, 0.6) is 0 Å². The topological polar surface area (TPSA) is 84.9 Å². The van der Waals surface area contributed by atoms with Crippen LogP contribution in [0.1, 0.15) is 5.56 Å². The van der Waals surface area contributed by atoms with Gasteiger partial charge in [-0.1, -0.05) is 18.2 Å². The summed E-state index contributed by atoms with van der Waals surface area (Å²) in [6, 6.07) is 6.38. The Bertz CT molecular complexity index is 390. The molecule has 0 heterocycles. The summed E-state index contributed by atoms with van der Waals surface area (Å²) in [6.07, 6.45) is 2.17. The molecular formula is C10H11N2O4-. The van der Waals surface area contributed by atoms with Crippen LogP contribution in [-0.2, 0) is 4.74 Å². The lowest BCUT2D eigenvalue weighted by Crippen LogP contribution is -2.16. The number of hydrogen-bond acceptors (Lipinski definition) is 5. The third kappa shape index (κ3) is 3.26. The molecule has 6 heteroatoms. The van der Waals surface area contributed by atoms with Gasteiger partial charge in [-0.2, -0.15) is 0 Å². The predicted molar refractivity (Wildman–Crippen MR) is 58.6 cm³/mol. The van der Waals surface area contributed by atoms with Gasteiger partial charge in [-0.05, 0) is 12.1 Å². The molecule has 0 bridgehead atoms. The summed E-state index contributed by atoms with van der Waals surface area (Å²) in [7, 11) is 1.24. The maximum Gasteiger partial charge on any atom is 0.410 e. The number of ether oxygens (including phenoxy) is 1. The summed E-state index contributed by atoms with van der Waals surface area (Å²) >= 11 is 0. The van der Waals surface area contributed by atoms with E-state index in [1.54, 1.807) is 18.2 Å². The van der Waals surface area contributed by atoms with Gasteiger partial charge < -0.3 is 15.2 Å². The van der Waals surface area contributed by atoms with Crippen molar-refractivity contribution in [3.8, 4) is 0 Å². The number of hydrogen-bond donors (Lipinski definition) is 2. The van der Waals surface area contributed by atoms with Crippen LogP contribution < -0.4 is 10.5 Å². The lowest BCUT2D eigenvalue weighted by atomic mass is 10.2. The van der Waals surface area contributed by atoms with Crippen LogP contribution in [0.15, 0.2) is 30.5 Å². The second-order valence-corrected chi connectivity index (χ2v) is 2.80. The van der Waals surface area contributed by atoms with E-state index in [1.807, 2.05) is 0 Å². The molecule has 6 nitrogen and oxygen atoms in total. The molecule has 0 radical (unpaired) electrons. The number of nitrogens with zero attached hydrogens (tertiary/aromatic N) is 1. The van der Waals surface area contributed by atoms with Crippen LogP contribution in [0, 0.1) is 5.21 Å². The lowest BCUT2D eigenvalue weighted by molar-refractivity contribution is 0.175. The number of benzene rings is 1. The number of alkyl carbamates (subject to hydrolysis) is 1. The highest BCUT2D eigenvalue weighted by Gasteiger charge is 1.98. The van der Waals surface area contributed by atoms with Gasteiger partial charge in [-0.3, -0.25) is 10.5 Å². The van der Waals surface area contributed by atoms with Crippen LogP contribution in [0.2, 0.25) is 0 Å². The number of carbonyl (C=O) groups is 1. The van der Waals surface area contributed by atoms with Crippen LogP contribution in [-0.4, -0.2) is 18.4 Å². The van der Waals surface area contributed by atoms with Crippen molar-refractivity contribution in [1.29, 1.82) is 0 Å². The Morgan fingerprint density at radius 2 is 2.25 bits per heavy atom. The zero-order chi connectivity index (χ0) is 12.0. The van der Waals surface area contributed by atoms with E-state index in [2.05, 4.69) is 10.1 Å². The van der Waals surface area contributed by atoms with E-state index >= 15 is 0 Å². The molecule has 0 unspecified atom stereocenters. The smallest absolute Gasteiger partial charge is 0.410 e. The molecule has 0 atom stereocenters. The first kappa shape index (κ1) is 12.0. The SMILES string of the molecule is COC(=O)NC=Cc1ccccc1N([O-])O. The van der Waals surface area contributed by atoms with Crippen molar-refractivity contribution in [2.24, 2.45) is 0 Å². The molecule has 0 fully saturated rings. The molecule has 0 saturated carbocycles. The summed E-state index contributed by atoms with van der Waals surface area (Å²) in [6.45, 7) is 0. The highest BCUT2D eigenvalue weighted by molar-refractivity contribution is 5.72. The second-order valence-electron chi connectivity index (χ2n) is 2.80. The van der Waals surface area contributed by atoms with Crippen molar-refractivity contribution in [2.75, 3.05) is 12.3 Å². The average molecular weight is 223 g/mol. The summed E-state index contributed by atoms with van der Waals surface area (Å²) in [4.78, 5) is 10.7. The molecule has 1 rings (SSSR count).